The molecule has 12 amide bonds. The minimum absolute atomic E-state index is 0.0150. The molecule has 0 saturated carbocycles. The van der Waals surface area contributed by atoms with Crippen molar-refractivity contribution in [2.75, 3.05) is 37.8 Å². The number of hydrogen-bond donors (Lipinski definition) is 22. The lowest BCUT2D eigenvalue weighted by molar-refractivity contribution is -0.136. The smallest absolute Gasteiger partial charge is 0.245 e. The topological polar surface area (TPSA) is 541 Å². The van der Waals surface area contributed by atoms with Crippen LogP contribution in [0.2, 0.25) is 0 Å². The zero-order valence-electron chi connectivity index (χ0n) is 47.4. The van der Waals surface area contributed by atoms with Crippen LogP contribution >= 0.6 is 25.3 Å². The first-order valence-electron chi connectivity index (χ1n) is 27.0. The van der Waals surface area contributed by atoms with Crippen LogP contribution in [0.25, 0.3) is 0 Å². The van der Waals surface area contributed by atoms with Gasteiger partial charge in [0.15, 0.2) is 11.9 Å². The molecule has 0 fully saturated rings. The first kappa shape index (κ1) is 73.3. The van der Waals surface area contributed by atoms with Crippen LogP contribution in [0.5, 0.6) is 0 Å². The number of aliphatic hydroxyl groups excluding tert-OH is 2. The molecule has 10 atom stereocenters. The average molecular weight is 1250 g/mol. The summed E-state index contributed by atoms with van der Waals surface area (Å²) < 4.78 is 0. The summed E-state index contributed by atoms with van der Waals surface area (Å²) in [5.41, 5.74) is 22.4. The Bertz CT molecular complexity index is 2670. The Balaban J connectivity index is 2.53. The van der Waals surface area contributed by atoms with Crippen molar-refractivity contribution in [3.63, 3.8) is 0 Å². The lowest BCUT2D eigenvalue weighted by Gasteiger charge is -2.28. The molecule has 2 aromatic carbocycles. The van der Waals surface area contributed by atoms with Gasteiger partial charge in [0.2, 0.25) is 70.9 Å². The molecule has 86 heavy (non-hydrogen) atoms. The van der Waals surface area contributed by atoms with Gasteiger partial charge in [0.25, 0.3) is 0 Å². The van der Waals surface area contributed by atoms with Crippen LogP contribution in [-0.4, -0.2) is 191 Å². The number of hydrogen-bond acceptors (Lipinski definition) is 18. The molecule has 0 bridgehead atoms. The van der Waals surface area contributed by atoms with Gasteiger partial charge in [-0.3, -0.25) is 68.4 Å². The number of thiol groups is 2. The van der Waals surface area contributed by atoms with Gasteiger partial charge < -0.3 is 96.9 Å². The summed E-state index contributed by atoms with van der Waals surface area (Å²) in [6.45, 7) is 0.539. The third-order valence-electron chi connectivity index (χ3n) is 12.5. The Morgan fingerprint density at radius 1 is 0.442 bits per heavy atom. The zero-order valence-corrected chi connectivity index (χ0v) is 49.2. The van der Waals surface area contributed by atoms with Crippen molar-refractivity contribution in [3.05, 3.63) is 71.8 Å². The summed E-state index contributed by atoms with van der Waals surface area (Å²) in [5, 5.41) is 64.5. The van der Waals surface area contributed by atoms with Crippen LogP contribution in [-0.2, 0) is 70.4 Å². The number of carbonyl (C=O) groups is 12. The van der Waals surface area contributed by atoms with Crippen LogP contribution in [0.15, 0.2) is 60.7 Å². The molecule has 0 saturated heterocycles. The summed E-state index contributed by atoms with van der Waals surface area (Å²) in [4.78, 5) is 159. The van der Waals surface area contributed by atoms with Crippen LogP contribution < -0.4 is 86.7 Å². The van der Waals surface area contributed by atoms with E-state index in [1.54, 1.807) is 60.7 Å². The van der Waals surface area contributed by atoms with E-state index in [1.165, 1.54) is 6.92 Å². The summed E-state index contributed by atoms with van der Waals surface area (Å²) in [5.74, 6) is -12.5. The summed E-state index contributed by atoms with van der Waals surface area (Å²) in [7, 11) is 0. The lowest BCUT2D eigenvalue weighted by atomic mass is 10.0. The van der Waals surface area contributed by atoms with Crippen molar-refractivity contribution >= 4 is 108 Å². The Labute approximate surface area is 506 Å². The molecule has 2 rings (SSSR count). The molecule has 0 aromatic heterocycles. The van der Waals surface area contributed by atoms with Gasteiger partial charge in [-0.2, -0.15) is 25.3 Å². The molecule has 32 nitrogen and oxygen atoms in total. The molecule has 24 N–H and O–H groups in total. The number of carbonyl (C=O) groups excluding carboxylic acids is 12. The molecule has 0 unspecified atom stereocenters. The van der Waals surface area contributed by atoms with Crippen molar-refractivity contribution in [3.8, 4) is 0 Å². The maximum atomic E-state index is 14.7. The molecule has 0 aliphatic carbocycles. The molecule has 34 heteroatoms. The number of nitrogens with one attached hydrogen (secondary N) is 14. The number of benzene rings is 2. The Morgan fingerprint density at radius 3 is 1.13 bits per heavy atom. The van der Waals surface area contributed by atoms with E-state index in [2.05, 4.69) is 89.1 Å². The van der Waals surface area contributed by atoms with E-state index >= 15 is 0 Å². The first-order chi connectivity index (χ1) is 40.7. The Kier molecular flexibility index (Phi) is 33.2. The molecule has 0 radical (unpaired) electrons. The second kappa shape index (κ2) is 39.0. The summed E-state index contributed by atoms with van der Waals surface area (Å²) >= 11 is 8.26. The fourth-order valence-corrected chi connectivity index (χ4v) is 8.40. The van der Waals surface area contributed by atoms with E-state index in [4.69, 9.17) is 33.8 Å². The molecule has 0 aliphatic heterocycles. The van der Waals surface area contributed by atoms with E-state index in [0.717, 1.165) is 6.92 Å². The second-order valence-corrected chi connectivity index (χ2v) is 20.2. The lowest BCUT2D eigenvalue weighted by Crippen LogP contribution is -2.61. The Hall–Kier alpha value is -8.76. The van der Waals surface area contributed by atoms with Crippen LogP contribution in [0, 0.1) is 10.8 Å². The molecular formula is C52H80N18O14S2. The monoisotopic (exact) mass is 1240 g/mol. The van der Waals surface area contributed by atoms with Crippen LogP contribution in [0.1, 0.15) is 63.5 Å². The molecule has 0 spiro atoms. The van der Waals surface area contributed by atoms with Crippen molar-refractivity contribution in [1.29, 1.82) is 10.8 Å². The average Bonchev–Trinajstić information content (AvgIpc) is 3.03. The van der Waals surface area contributed by atoms with Gasteiger partial charge in [0.05, 0.1) is 13.2 Å². The predicted octanol–water partition coefficient (Wildman–Crippen LogP) is -7.52. The van der Waals surface area contributed by atoms with E-state index in [0.29, 0.717) is 11.1 Å². The summed E-state index contributed by atoms with van der Waals surface area (Å²) in [6, 6.07) is 1.94. The van der Waals surface area contributed by atoms with Crippen LogP contribution in [0.4, 0.5) is 0 Å². The third kappa shape index (κ3) is 27.8. The van der Waals surface area contributed by atoms with E-state index in [-0.39, 0.29) is 81.9 Å². The highest BCUT2D eigenvalue weighted by molar-refractivity contribution is 7.80. The highest BCUT2D eigenvalue weighted by Gasteiger charge is 2.35. The quantitative estimate of drug-likeness (QED) is 0.0128. The van der Waals surface area contributed by atoms with Crippen molar-refractivity contribution < 1.29 is 67.7 Å². The Morgan fingerprint density at radius 2 is 0.767 bits per heavy atom. The highest BCUT2D eigenvalue weighted by Crippen LogP contribution is 2.11. The fraction of sp³-hybridized carbons (Fsp3) is 0.500. The normalized spacial score (nSPS) is 14.3. The largest absolute Gasteiger partial charge is 0.394 e. The molecule has 0 heterocycles. The number of nitrogens with two attached hydrogens (primary N) is 4. The van der Waals surface area contributed by atoms with Gasteiger partial charge in [-0.1, -0.05) is 60.7 Å². The summed E-state index contributed by atoms with van der Waals surface area (Å²) in [6.07, 6.45) is -1.07. The number of aliphatic hydroxyl groups is 2. The first-order valence-corrected chi connectivity index (χ1v) is 28.2. The standard InChI is InChI=1S/C52H80N18O14S2/c1-27(42(76)69-38(25-85)50(84)67-36(23-71)41(54)75)61-48(82)37(24-72)68-44(78)32(16-10-20-60-52(57)58)63-46(80)34(21-29-11-5-3-6-12-29)66-47(81)35(22-30-13-7-4-8-14-30)65-43(77)31(15-9-19-59-51(55)56)64-49(83)39(26-86)70-45(79)33(62-28(2)73)17-18-40(53)74/h3-8,11-14,27,31-39,71-72,85-86H,9-10,15-26H2,1-2H3,(H2,53,74)(H2,54,75)(H,61,82)(H,62,73)(H,63,80)(H,64,83)(H,65,77)(H,66,81)(H,67,84)(H,68,78)(H,69,76)(H,70,79)(H4,55,56,59)(H4,57,58,60)/t27-,31-,32-,33-,34-,35-,36-,37-,38-,39-/m0/s1. The minimum Gasteiger partial charge on any atom is -0.394 e. The minimum atomic E-state index is -1.76. The van der Waals surface area contributed by atoms with E-state index in [9.17, 15) is 67.7 Å². The van der Waals surface area contributed by atoms with E-state index < -0.39 is 150 Å². The van der Waals surface area contributed by atoms with Crippen molar-refractivity contribution in [1.82, 2.24) is 63.8 Å². The number of rotatable bonds is 39. The zero-order chi connectivity index (χ0) is 64.5. The van der Waals surface area contributed by atoms with E-state index in [1.807, 2.05) is 0 Å². The maximum Gasteiger partial charge on any atom is 0.245 e. The van der Waals surface area contributed by atoms with Gasteiger partial charge in [0.1, 0.15) is 60.4 Å². The SMILES string of the molecule is CC(=O)N[C@@H](CCC(N)=O)C(=O)N[C@@H](CS)C(=O)N[C@@H](CCCNC(=N)N)C(=O)N[C@@H](Cc1ccccc1)C(=O)N[C@@H](Cc1ccccc1)C(=O)N[C@@H](CCCNC(=N)N)C(=O)N[C@@H](CO)C(=O)N[C@@H](C)C(=O)N[C@@H](CS)C(=O)N[C@@H](CO)C(N)=O. The molecule has 2 aromatic rings. The van der Waals surface area contributed by atoms with Gasteiger partial charge in [0, 0.05) is 50.8 Å². The van der Waals surface area contributed by atoms with Crippen molar-refractivity contribution in [2.45, 2.75) is 126 Å². The molecular weight excluding hydrogens is 1160 g/mol. The maximum absolute atomic E-state index is 14.7. The van der Waals surface area contributed by atoms with Crippen molar-refractivity contribution in [2.24, 2.45) is 22.9 Å². The van der Waals surface area contributed by atoms with Gasteiger partial charge in [-0.25, -0.2) is 0 Å². The molecule has 0 aliphatic rings. The highest BCUT2D eigenvalue weighted by atomic mass is 32.1. The van der Waals surface area contributed by atoms with Gasteiger partial charge in [-0.15, -0.1) is 0 Å². The number of primary amides is 2. The van der Waals surface area contributed by atoms with Gasteiger partial charge in [-0.05, 0) is 50.2 Å². The number of amides is 12. The number of guanidine groups is 2. The fourth-order valence-electron chi connectivity index (χ4n) is 7.89. The van der Waals surface area contributed by atoms with Gasteiger partial charge >= 0.3 is 0 Å². The van der Waals surface area contributed by atoms with Crippen LogP contribution in [0.3, 0.4) is 0 Å². The third-order valence-corrected chi connectivity index (χ3v) is 13.2. The predicted molar refractivity (Wildman–Crippen MR) is 319 cm³/mol. The second-order valence-electron chi connectivity index (χ2n) is 19.5. The molecule has 474 valence electrons.